The number of nitrogens with zero attached hydrogens (tertiary/aromatic N) is 3. The monoisotopic (exact) mass is 429 g/mol. The Balaban J connectivity index is 2.11. The molecule has 7 nitrogen and oxygen atoms in total. The van der Waals surface area contributed by atoms with Crippen LogP contribution in [0.5, 0.6) is 11.5 Å². The molecule has 0 spiro atoms. The van der Waals surface area contributed by atoms with Gasteiger partial charge in [-0.2, -0.15) is 0 Å². The number of methoxy groups -OCH3 is 2. The highest BCUT2D eigenvalue weighted by Gasteiger charge is 2.28. The van der Waals surface area contributed by atoms with Crippen molar-refractivity contribution in [2.24, 2.45) is 0 Å². The Labute approximate surface area is 177 Å². The lowest BCUT2D eigenvalue weighted by atomic mass is 9.84. The maximum atomic E-state index is 13.3. The quantitative estimate of drug-likeness (QED) is 0.609. The average molecular weight is 430 g/mol. The van der Waals surface area contributed by atoms with Gasteiger partial charge in [-0.05, 0) is 54.7 Å². The molecule has 3 aromatic rings. The summed E-state index contributed by atoms with van der Waals surface area (Å²) in [6, 6.07) is 10.4. The molecule has 2 aromatic carbocycles. The highest BCUT2D eigenvalue weighted by atomic mass is 32.2. The molecule has 30 heavy (non-hydrogen) atoms. The van der Waals surface area contributed by atoms with Crippen LogP contribution in [-0.2, 0) is 15.3 Å². The van der Waals surface area contributed by atoms with Crippen molar-refractivity contribution >= 4 is 9.84 Å². The maximum Gasteiger partial charge on any atom is 0.227 e. The van der Waals surface area contributed by atoms with Crippen molar-refractivity contribution in [2.75, 3.05) is 14.2 Å². The summed E-state index contributed by atoms with van der Waals surface area (Å²) in [6.45, 7) is 9.88. The number of aromatic nitrogens is 3. The van der Waals surface area contributed by atoms with Gasteiger partial charge in [-0.3, -0.25) is 0 Å². The van der Waals surface area contributed by atoms with Crippen LogP contribution in [0.3, 0.4) is 0 Å². The van der Waals surface area contributed by atoms with Crippen LogP contribution >= 0.6 is 0 Å². The smallest absolute Gasteiger partial charge is 0.227 e. The number of rotatable bonds is 5. The van der Waals surface area contributed by atoms with Crippen LogP contribution in [0.15, 0.2) is 46.3 Å². The highest BCUT2D eigenvalue weighted by Crippen LogP contribution is 2.32. The molecule has 1 aromatic heterocycles. The molecule has 0 atom stereocenters. The van der Waals surface area contributed by atoms with Crippen LogP contribution in [0.25, 0.3) is 5.69 Å². The standard InChI is InChI=1S/C22H27N3O4S/c1-14-12-17(9-10-18(14)22(3,4)5)30(26,27)21-15(2)25(24-23-21)19-13-16(28-6)8-11-20(19)29-7/h8-13H,1-7H3. The van der Waals surface area contributed by atoms with Gasteiger partial charge in [0.05, 0.1) is 24.8 Å². The number of benzene rings is 2. The normalized spacial score (nSPS) is 12.1. The van der Waals surface area contributed by atoms with Gasteiger partial charge in [-0.1, -0.05) is 32.1 Å². The molecule has 1 heterocycles. The largest absolute Gasteiger partial charge is 0.497 e. The summed E-state index contributed by atoms with van der Waals surface area (Å²) in [7, 11) is -0.752. The fourth-order valence-corrected chi connectivity index (χ4v) is 4.93. The van der Waals surface area contributed by atoms with E-state index in [2.05, 4.69) is 31.1 Å². The first-order valence-electron chi connectivity index (χ1n) is 9.51. The van der Waals surface area contributed by atoms with Crippen molar-refractivity contribution in [3.63, 3.8) is 0 Å². The first-order chi connectivity index (χ1) is 14.0. The van der Waals surface area contributed by atoms with Crippen LogP contribution in [0.2, 0.25) is 0 Å². The van der Waals surface area contributed by atoms with E-state index in [1.807, 2.05) is 13.0 Å². The lowest BCUT2D eigenvalue weighted by Gasteiger charge is -2.22. The van der Waals surface area contributed by atoms with Crippen LogP contribution in [0, 0.1) is 13.8 Å². The van der Waals surface area contributed by atoms with Gasteiger partial charge in [-0.25, -0.2) is 13.1 Å². The third-order valence-electron chi connectivity index (χ3n) is 5.04. The number of ether oxygens (including phenoxy) is 2. The zero-order chi connectivity index (χ0) is 22.3. The van der Waals surface area contributed by atoms with Crippen molar-refractivity contribution in [1.29, 1.82) is 0 Å². The zero-order valence-corrected chi connectivity index (χ0v) is 19.2. The molecule has 0 saturated heterocycles. The van der Waals surface area contributed by atoms with Gasteiger partial charge in [0.15, 0.2) is 0 Å². The molecule has 0 bridgehead atoms. The van der Waals surface area contributed by atoms with E-state index in [0.717, 1.165) is 11.1 Å². The molecule has 0 radical (unpaired) electrons. The summed E-state index contributed by atoms with van der Waals surface area (Å²) < 4.78 is 38.8. The highest BCUT2D eigenvalue weighted by molar-refractivity contribution is 7.91. The number of hydrogen-bond donors (Lipinski definition) is 0. The molecule has 0 fully saturated rings. The molecular formula is C22H27N3O4S. The Kier molecular flexibility index (Phi) is 5.64. The van der Waals surface area contributed by atoms with E-state index in [1.54, 1.807) is 44.4 Å². The number of aryl methyl sites for hydroxylation is 1. The first-order valence-corrected chi connectivity index (χ1v) is 11.0. The van der Waals surface area contributed by atoms with Gasteiger partial charge >= 0.3 is 0 Å². The molecule has 8 heteroatoms. The Morgan fingerprint density at radius 1 is 0.967 bits per heavy atom. The molecule has 0 aliphatic rings. The summed E-state index contributed by atoms with van der Waals surface area (Å²) in [5, 5.41) is 8.01. The molecule has 3 rings (SSSR count). The second kappa shape index (κ2) is 7.75. The molecule has 0 saturated carbocycles. The molecule has 0 aliphatic heterocycles. The fraction of sp³-hybridized carbons (Fsp3) is 0.364. The molecule has 0 aliphatic carbocycles. The van der Waals surface area contributed by atoms with E-state index in [1.165, 1.54) is 11.8 Å². The summed E-state index contributed by atoms with van der Waals surface area (Å²) in [4.78, 5) is 0.195. The van der Waals surface area contributed by atoms with Crippen molar-refractivity contribution < 1.29 is 17.9 Å². The van der Waals surface area contributed by atoms with Crippen molar-refractivity contribution in [2.45, 2.75) is 50.0 Å². The van der Waals surface area contributed by atoms with Gasteiger partial charge in [-0.15, -0.1) is 5.10 Å². The van der Waals surface area contributed by atoms with Gasteiger partial charge in [0, 0.05) is 6.07 Å². The third-order valence-corrected chi connectivity index (χ3v) is 6.80. The minimum absolute atomic E-state index is 0.0751. The molecule has 0 unspecified atom stereocenters. The summed E-state index contributed by atoms with van der Waals surface area (Å²) in [5.74, 6) is 1.12. The topological polar surface area (TPSA) is 83.3 Å². The van der Waals surface area contributed by atoms with E-state index < -0.39 is 9.84 Å². The summed E-state index contributed by atoms with van der Waals surface area (Å²) >= 11 is 0. The molecule has 160 valence electrons. The Morgan fingerprint density at radius 2 is 1.67 bits per heavy atom. The predicted molar refractivity (Wildman–Crippen MR) is 115 cm³/mol. The lowest BCUT2D eigenvalue weighted by molar-refractivity contribution is 0.400. The second-order valence-corrected chi connectivity index (χ2v) is 10.0. The Morgan fingerprint density at radius 3 is 2.23 bits per heavy atom. The molecule has 0 amide bonds. The number of sulfone groups is 1. The lowest BCUT2D eigenvalue weighted by Crippen LogP contribution is -2.14. The first kappa shape index (κ1) is 21.8. The second-order valence-electron chi connectivity index (χ2n) is 8.16. The van der Waals surface area contributed by atoms with Gasteiger partial charge in [0.25, 0.3) is 0 Å². The molecule has 0 N–H and O–H groups in total. The molecular weight excluding hydrogens is 402 g/mol. The Bertz CT molecular complexity index is 1190. The van der Waals surface area contributed by atoms with E-state index in [0.29, 0.717) is 22.9 Å². The van der Waals surface area contributed by atoms with Gasteiger partial charge in [0.1, 0.15) is 17.2 Å². The maximum absolute atomic E-state index is 13.3. The number of hydrogen-bond acceptors (Lipinski definition) is 6. The predicted octanol–water partition coefficient (Wildman–Crippen LogP) is 4.03. The van der Waals surface area contributed by atoms with Crippen molar-refractivity contribution in [1.82, 2.24) is 15.0 Å². The summed E-state index contributed by atoms with van der Waals surface area (Å²) in [6.07, 6.45) is 0. The fourth-order valence-electron chi connectivity index (χ4n) is 3.51. The van der Waals surface area contributed by atoms with E-state index in [4.69, 9.17) is 9.47 Å². The Hall–Kier alpha value is -2.87. The van der Waals surface area contributed by atoms with Crippen LogP contribution in [-0.4, -0.2) is 37.6 Å². The average Bonchev–Trinajstić information content (AvgIpc) is 3.08. The minimum Gasteiger partial charge on any atom is -0.497 e. The van der Waals surface area contributed by atoms with E-state index >= 15 is 0 Å². The zero-order valence-electron chi connectivity index (χ0n) is 18.3. The van der Waals surface area contributed by atoms with Crippen LogP contribution < -0.4 is 9.47 Å². The third kappa shape index (κ3) is 3.79. The van der Waals surface area contributed by atoms with Crippen molar-refractivity contribution in [3.05, 3.63) is 53.2 Å². The van der Waals surface area contributed by atoms with E-state index in [-0.39, 0.29) is 15.3 Å². The SMILES string of the molecule is COc1ccc(OC)c(-n2nnc(S(=O)(=O)c3ccc(C(C)(C)C)c(C)c3)c2C)c1. The summed E-state index contributed by atoms with van der Waals surface area (Å²) in [5.41, 5.74) is 2.88. The van der Waals surface area contributed by atoms with Gasteiger partial charge < -0.3 is 9.47 Å². The van der Waals surface area contributed by atoms with Crippen LogP contribution in [0.4, 0.5) is 0 Å². The van der Waals surface area contributed by atoms with Crippen LogP contribution in [0.1, 0.15) is 37.6 Å². The van der Waals surface area contributed by atoms with Gasteiger partial charge in [0.2, 0.25) is 14.9 Å². The van der Waals surface area contributed by atoms with E-state index in [9.17, 15) is 8.42 Å². The van der Waals surface area contributed by atoms with Crippen molar-refractivity contribution in [3.8, 4) is 17.2 Å². The minimum atomic E-state index is -3.84.